The van der Waals surface area contributed by atoms with Crippen molar-refractivity contribution < 1.29 is 13.9 Å². The van der Waals surface area contributed by atoms with E-state index in [1.165, 1.54) is 31.3 Å². The monoisotopic (exact) mass is 391 g/mol. The SMILES string of the molecule is CCCC(CCC)C(NC(=O)c1cc2ccc(OC)c(F)c2s1)C1(C)CC1. The summed E-state index contributed by atoms with van der Waals surface area (Å²) < 4.78 is 20.0. The molecule has 1 aromatic carbocycles. The lowest BCUT2D eigenvalue weighted by atomic mass is 9.81. The Labute approximate surface area is 165 Å². The van der Waals surface area contributed by atoms with E-state index in [4.69, 9.17) is 4.74 Å². The second-order valence-corrected chi connectivity index (χ2v) is 9.11. The molecule has 1 amide bonds. The highest BCUT2D eigenvalue weighted by Gasteiger charge is 2.48. The van der Waals surface area contributed by atoms with Crippen LogP contribution in [0.4, 0.5) is 4.39 Å². The number of ether oxygens (including phenoxy) is 1. The number of fused-ring (bicyclic) bond motifs is 1. The topological polar surface area (TPSA) is 38.3 Å². The van der Waals surface area contributed by atoms with Crippen LogP contribution in [0.1, 0.15) is 69.0 Å². The van der Waals surface area contributed by atoms with Gasteiger partial charge in [0.05, 0.1) is 16.7 Å². The number of methoxy groups -OCH3 is 1. The van der Waals surface area contributed by atoms with Crippen molar-refractivity contribution in [2.75, 3.05) is 7.11 Å². The zero-order chi connectivity index (χ0) is 19.6. The van der Waals surface area contributed by atoms with Crippen LogP contribution in [0.15, 0.2) is 18.2 Å². The Kier molecular flexibility index (Phi) is 6.09. The van der Waals surface area contributed by atoms with Crippen molar-refractivity contribution in [3.05, 3.63) is 28.9 Å². The fourth-order valence-corrected chi connectivity index (χ4v) is 5.11. The van der Waals surface area contributed by atoms with Crippen LogP contribution in [0.3, 0.4) is 0 Å². The summed E-state index contributed by atoms with van der Waals surface area (Å²) in [5.41, 5.74) is 0.204. The molecule has 3 nitrogen and oxygen atoms in total. The molecule has 1 N–H and O–H groups in total. The predicted molar refractivity (Wildman–Crippen MR) is 110 cm³/mol. The molecule has 27 heavy (non-hydrogen) atoms. The van der Waals surface area contributed by atoms with Gasteiger partial charge in [0.25, 0.3) is 5.91 Å². The van der Waals surface area contributed by atoms with Gasteiger partial charge in [0, 0.05) is 6.04 Å². The van der Waals surface area contributed by atoms with Crippen molar-refractivity contribution in [3.8, 4) is 5.75 Å². The fourth-order valence-electron chi connectivity index (χ4n) is 4.12. The summed E-state index contributed by atoms with van der Waals surface area (Å²) in [5.74, 6) is 0.248. The largest absolute Gasteiger partial charge is 0.494 e. The van der Waals surface area contributed by atoms with Gasteiger partial charge in [-0.1, -0.05) is 33.6 Å². The summed E-state index contributed by atoms with van der Waals surface area (Å²) in [5, 5.41) is 4.08. The number of hydrogen-bond acceptors (Lipinski definition) is 3. The molecule has 1 saturated carbocycles. The van der Waals surface area contributed by atoms with Gasteiger partial charge in [-0.15, -0.1) is 11.3 Å². The average Bonchev–Trinajstić information content (AvgIpc) is 3.23. The number of thiophene rings is 1. The van der Waals surface area contributed by atoms with Crippen LogP contribution in [-0.2, 0) is 0 Å². The van der Waals surface area contributed by atoms with E-state index in [1.54, 1.807) is 18.2 Å². The Morgan fingerprint density at radius 1 is 1.30 bits per heavy atom. The summed E-state index contributed by atoms with van der Waals surface area (Å²) in [4.78, 5) is 13.6. The summed E-state index contributed by atoms with van der Waals surface area (Å²) in [6.07, 6.45) is 6.85. The predicted octanol–water partition coefficient (Wildman–Crippen LogP) is 6.16. The molecule has 0 radical (unpaired) electrons. The highest BCUT2D eigenvalue weighted by Crippen LogP contribution is 2.51. The summed E-state index contributed by atoms with van der Waals surface area (Å²) >= 11 is 1.21. The molecular weight excluding hydrogens is 361 g/mol. The molecule has 1 aromatic heterocycles. The molecule has 0 saturated heterocycles. The molecule has 0 bridgehead atoms. The first-order chi connectivity index (χ1) is 12.9. The molecule has 0 spiro atoms. The zero-order valence-electron chi connectivity index (χ0n) is 16.7. The Bertz CT molecular complexity index is 806. The maximum absolute atomic E-state index is 14.5. The number of benzene rings is 1. The molecule has 1 aliphatic rings. The summed E-state index contributed by atoms with van der Waals surface area (Å²) in [7, 11) is 1.45. The van der Waals surface area contributed by atoms with E-state index in [0.29, 0.717) is 15.5 Å². The van der Waals surface area contributed by atoms with Crippen molar-refractivity contribution in [3.63, 3.8) is 0 Å². The Morgan fingerprint density at radius 3 is 2.52 bits per heavy atom. The van der Waals surface area contributed by atoms with Crippen molar-refractivity contribution in [2.45, 2.75) is 65.3 Å². The van der Waals surface area contributed by atoms with Crippen LogP contribution in [0.5, 0.6) is 5.75 Å². The number of nitrogens with one attached hydrogen (secondary N) is 1. The second-order valence-electron chi connectivity index (χ2n) is 8.05. The minimum Gasteiger partial charge on any atom is -0.494 e. The third kappa shape index (κ3) is 4.13. The molecule has 1 atom stereocenters. The normalized spacial score (nSPS) is 16.5. The van der Waals surface area contributed by atoms with E-state index in [1.807, 2.05) is 0 Å². The van der Waals surface area contributed by atoms with E-state index in [-0.39, 0.29) is 28.9 Å². The lowest BCUT2D eigenvalue weighted by Crippen LogP contribution is -2.45. The van der Waals surface area contributed by atoms with Gasteiger partial charge >= 0.3 is 0 Å². The van der Waals surface area contributed by atoms with Gasteiger partial charge in [-0.25, -0.2) is 4.39 Å². The molecule has 2 aromatic rings. The standard InChI is InChI=1S/C22H30FNO2S/c1-5-7-14(8-6-2)20(22(3)11-12-22)24-21(25)17-13-15-9-10-16(26-4)18(23)19(15)27-17/h9-10,13-14,20H,5-8,11-12H2,1-4H3,(H,24,25). The Morgan fingerprint density at radius 2 is 1.96 bits per heavy atom. The number of rotatable bonds is 9. The number of hydrogen-bond donors (Lipinski definition) is 1. The average molecular weight is 392 g/mol. The van der Waals surface area contributed by atoms with Gasteiger partial charge in [-0.3, -0.25) is 4.79 Å². The van der Waals surface area contributed by atoms with Gasteiger partial charge < -0.3 is 10.1 Å². The zero-order valence-corrected chi connectivity index (χ0v) is 17.5. The van der Waals surface area contributed by atoms with Crippen LogP contribution in [0.2, 0.25) is 0 Å². The minimum absolute atomic E-state index is 0.0788. The third-order valence-electron chi connectivity index (χ3n) is 5.90. The molecule has 1 fully saturated rings. The quantitative estimate of drug-likeness (QED) is 0.555. The van der Waals surface area contributed by atoms with Crippen molar-refractivity contribution >= 4 is 27.3 Å². The van der Waals surface area contributed by atoms with Gasteiger partial charge in [-0.05, 0) is 60.6 Å². The van der Waals surface area contributed by atoms with Crippen molar-refractivity contribution in [1.29, 1.82) is 0 Å². The molecular formula is C22H30FNO2S. The first-order valence-electron chi connectivity index (χ1n) is 10.0. The maximum atomic E-state index is 14.5. The first-order valence-corrected chi connectivity index (χ1v) is 10.8. The lowest BCUT2D eigenvalue weighted by Gasteiger charge is -2.33. The van der Waals surface area contributed by atoms with Crippen molar-refractivity contribution in [2.24, 2.45) is 11.3 Å². The highest BCUT2D eigenvalue weighted by atomic mass is 32.1. The molecule has 3 rings (SSSR count). The van der Waals surface area contributed by atoms with Gasteiger partial charge in [0.2, 0.25) is 0 Å². The molecule has 5 heteroatoms. The molecule has 148 valence electrons. The third-order valence-corrected chi connectivity index (χ3v) is 7.04. The fraction of sp³-hybridized carbons (Fsp3) is 0.591. The van der Waals surface area contributed by atoms with Crippen LogP contribution < -0.4 is 10.1 Å². The van der Waals surface area contributed by atoms with Crippen molar-refractivity contribution in [1.82, 2.24) is 5.32 Å². The molecule has 1 unspecified atom stereocenters. The molecule has 0 aliphatic heterocycles. The van der Waals surface area contributed by atoms with Crippen LogP contribution >= 0.6 is 11.3 Å². The second kappa shape index (κ2) is 8.17. The summed E-state index contributed by atoms with van der Waals surface area (Å²) in [6, 6.07) is 5.40. The van der Waals surface area contributed by atoms with E-state index in [2.05, 4.69) is 26.1 Å². The van der Waals surface area contributed by atoms with Crippen LogP contribution in [0.25, 0.3) is 10.1 Å². The maximum Gasteiger partial charge on any atom is 0.261 e. The molecule has 1 aliphatic carbocycles. The smallest absolute Gasteiger partial charge is 0.261 e. The minimum atomic E-state index is -0.389. The number of amides is 1. The van der Waals surface area contributed by atoms with Crippen LogP contribution in [0, 0.1) is 17.2 Å². The van der Waals surface area contributed by atoms with Gasteiger partial charge in [0.1, 0.15) is 0 Å². The highest BCUT2D eigenvalue weighted by molar-refractivity contribution is 7.20. The first kappa shape index (κ1) is 20.1. The molecule has 1 heterocycles. The van der Waals surface area contributed by atoms with Gasteiger partial charge in [0.15, 0.2) is 11.6 Å². The van der Waals surface area contributed by atoms with Gasteiger partial charge in [-0.2, -0.15) is 0 Å². The number of carbonyl (C=O) groups is 1. The lowest BCUT2D eigenvalue weighted by molar-refractivity contribution is 0.0889. The van der Waals surface area contributed by atoms with Crippen LogP contribution in [-0.4, -0.2) is 19.1 Å². The number of halogens is 1. The Balaban J connectivity index is 1.85. The van der Waals surface area contributed by atoms with E-state index in [0.717, 1.165) is 31.1 Å². The Hall–Kier alpha value is -1.62. The van der Waals surface area contributed by atoms with E-state index in [9.17, 15) is 9.18 Å². The van der Waals surface area contributed by atoms with E-state index < -0.39 is 0 Å². The van der Waals surface area contributed by atoms with E-state index >= 15 is 0 Å². The summed E-state index contributed by atoms with van der Waals surface area (Å²) in [6.45, 7) is 6.70. The number of carbonyl (C=O) groups excluding carboxylic acids is 1.